The van der Waals surface area contributed by atoms with Crippen LogP contribution in [0, 0.1) is 0 Å². The van der Waals surface area contributed by atoms with Crippen LogP contribution >= 0.6 is 0 Å². The van der Waals surface area contributed by atoms with Gasteiger partial charge in [-0.25, -0.2) is 0 Å². The standard InChI is InChI=1S/C25H23NO2/c1-27-23-15-13-22(14-16-23)26-17-20-8-3-5-12-25(20)28-18-21-10-6-9-19-7-2-4-11-24(19)21/h2-16,26H,17-18H2,1H3. The first kappa shape index (κ1) is 17.9. The second-order valence-electron chi connectivity index (χ2n) is 6.62. The maximum Gasteiger partial charge on any atom is 0.124 e. The molecule has 4 aromatic rings. The average Bonchev–Trinajstić information content (AvgIpc) is 2.77. The molecule has 1 N–H and O–H groups in total. The van der Waals surface area contributed by atoms with E-state index in [4.69, 9.17) is 9.47 Å². The predicted octanol–water partition coefficient (Wildman–Crippen LogP) is 6.04. The topological polar surface area (TPSA) is 30.5 Å². The molecule has 3 nitrogen and oxygen atoms in total. The molecule has 3 heteroatoms. The van der Waals surface area contributed by atoms with E-state index in [0.717, 1.165) is 22.7 Å². The summed E-state index contributed by atoms with van der Waals surface area (Å²) in [6.45, 7) is 1.24. The van der Waals surface area contributed by atoms with Gasteiger partial charge in [-0.1, -0.05) is 60.7 Å². The molecule has 4 rings (SSSR count). The Morgan fingerprint density at radius 2 is 1.43 bits per heavy atom. The Hall–Kier alpha value is -3.46. The van der Waals surface area contributed by atoms with Crippen molar-refractivity contribution in [1.82, 2.24) is 0 Å². The summed E-state index contributed by atoms with van der Waals surface area (Å²) in [4.78, 5) is 0. The number of fused-ring (bicyclic) bond motifs is 1. The van der Waals surface area contributed by atoms with Crippen molar-refractivity contribution >= 4 is 16.5 Å². The van der Waals surface area contributed by atoms with E-state index >= 15 is 0 Å². The quantitative estimate of drug-likeness (QED) is 0.431. The first-order valence-electron chi connectivity index (χ1n) is 9.39. The minimum atomic E-state index is 0.543. The van der Waals surface area contributed by atoms with Crippen molar-refractivity contribution in [3.8, 4) is 11.5 Å². The second-order valence-corrected chi connectivity index (χ2v) is 6.62. The van der Waals surface area contributed by atoms with Crippen molar-refractivity contribution in [2.24, 2.45) is 0 Å². The monoisotopic (exact) mass is 369 g/mol. The van der Waals surface area contributed by atoms with E-state index in [9.17, 15) is 0 Å². The number of ether oxygens (including phenoxy) is 2. The van der Waals surface area contributed by atoms with E-state index in [2.05, 4.69) is 53.8 Å². The van der Waals surface area contributed by atoms with Crippen LogP contribution in [-0.4, -0.2) is 7.11 Å². The molecule has 0 bridgehead atoms. The van der Waals surface area contributed by atoms with Gasteiger partial charge in [0.2, 0.25) is 0 Å². The zero-order valence-corrected chi connectivity index (χ0v) is 15.9. The molecule has 0 saturated heterocycles. The fraction of sp³-hybridized carbons (Fsp3) is 0.120. The lowest BCUT2D eigenvalue weighted by Gasteiger charge is -2.14. The summed E-state index contributed by atoms with van der Waals surface area (Å²) in [5.74, 6) is 1.75. The molecule has 0 aliphatic heterocycles. The van der Waals surface area contributed by atoms with Gasteiger partial charge in [0.05, 0.1) is 7.11 Å². The van der Waals surface area contributed by atoms with Crippen LogP contribution in [0.15, 0.2) is 91.0 Å². The molecule has 0 aliphatic rings. The van der Waals surface area contributed by atoms with Crippen molar-refractivity contribution in [3.63, 3.8) is 0 Å². The molecule has 140 valence electrons. The van der Waals surface area contributed by atoms with Gasteiger partial charge in [-0.3, -0.25) is 0 Å². The molecular formula is C25H23NO2. The van der Waals surface area contributed by atoms with Gasteiger partial charge in [0.25, 0.3) is 0 Å². The zero-order chi connectivity index (χ0) is 19.2. The van der Waals surface area contributed by atoms with E-state index in [1.54, 1.807) is 7.11 Å². The summed E-state index contributed by atoms with van der Waals surface area (Å²) in [6, 6.07) is 30.8. The Morgan fingerprint density at radius 3 is 2.29 bits per heavy atom. The molecule has 0 saturated carbocycles. The Kier molecular flexibility index (Phi) is 5.43. The van der Waals surface area contributed by atoms with Crippen LogP contribution in [0.1, 0.15) is 11.1 Å². The summed E-state index contributed by atoms with van der Waals surface area (Å²) >= 11 is 0. The second kappa shape index (κ2) is 8.49. The number of anilines is 1. The van der Waals surface area contributed by atoms with Crippen molar-refractivity contribution < 1.29 is 9.47 Å². The van der Waals surface area contributed by atoms with E-state index in [0.29, 0.717) is 13.2 Å². The van der Waals surface area contributed by atoms with Crippen LogP contribution in [0.2, 0.25) is 0 Å². The third kappa shape index (κ3) is 4.09. The molecule has 0 fully saturated rings. The van der Waals surface area contributed by atoms with Gasteiger partial charge in [0.15, 0.2) is 0 Å². The molecule has 0 unspecified atom stereocenters. The number of methoxy groups -OCH3 is 1. The van der Waals surface area contributed by atoms with Gasteiger partial charge in [0, 0.05) is 17.8 Å². The summed E-state index contributed by atoms with van der Waals surface area (Å²) in [5.41, 5.74) is 3.36. The first-order chi connectivity index (χ1) is 13.8. The largest absolute Gasteiger partial charge is 0.497 e. The highest BCUT2D eigenvalue weighted by atomic mass is 16.5. The highest BCUT2D eigenvalue weighted by molar-refractivity contribution is 5.85. The van der Waals surface area contributed by atoms with Gasteiger partial charge < -0.3 is 14.8 Å². The highest BCUT2D eigenvalue weighted by Gasteiger charge is 2.06. The molecule has 0 amide bonds. The summed E-state index contributed by atoms with van der Waals surface area (Å²) in [5, 5.41) is 5.91. The molecule has 4 aromatic carbocycles. The molecular weight excluding hydrogens is 346 g/mol. The van der Waals surface area contributed by atoms with Crippen molar-refractivity contribution in [1.29, 1.82) is 0 Å². The Balaban J connectivity index is 1.46. The molecule has 0 spiro atoms. The smallest absolute Gasteiger partial charge is 0.124 e. The number of benzene rings is 4. The van der Waals surface area contributed by atoms with Crippen LogP contribution < -0.4 is 14.8 Å². The summed E-state index contributed by atoms with van der Waals surface area (Å²) in [6.07, 6.45) is 0. The molecule has 0 aliphatic carbocycles. The summed E-state index contributed by atoms with van der Waals surface area (Å²) in [7, 11) is 1.67. The van der Waals surface area contributed by atoms with Crippen LogP contribution in [0.25, 0.3) is 10.8 Å². The van der Waals surface area contributed by atoms with E-state index in [1.165, 1.54) is 16.3 Å². The first-order valence-corrected chi connectivity index (χ1v) is 9.39. The normalized spacial score (nSPS) is 10.6. The lowest BCUT2D eigenvalue weighted by Crippen LogP contribution is -2.04. The van der Waals surface area contributed by atoms with E-state index < -0.39 is 0 Å². The van der Waals surface area contributed by atoms with Crippen molar-refractivity contribution in [3.05, 3.63) is 102 Å². The number of nitrogens with one attached hydrogen (secondary N) is 1. The molecule has 0 aromatic heterocycles. The van der Waals surface area contributed by atoms with Crippen LogP contribution in [0.3, 0.4) is 0 Å². The summed E-state index contributed by atoms with van der Waals surface area (Å²) < 4.78 is 11.4. The maximum atomic E-state index is 6.20. The number of hydrogen-bond donors (Lipinski definition) is 1. The fourth-order valence-electron chi connectivity index (χ4n) is 3.27. The van der Waals surface area contributed by atoms with Crippen LogP contribution in [0.4, 0.5) is 5.69 Å². The molecule has 0 radical (unpaired) electrons. The number of rotatable bonds is 7. The zero-order valence-electron chi connectivity index (χ0n) is 15.9. The van der Waals surface area contributed by atoms with Crippen LogP contribution in [0.5, 0.6) is 11.5 Å². The third-order valence-corrected chi connectivity index (χ3v) is 4.81. The van der Waals surface area contributed by atoms with Gasteiger partial charge in [-0.05, 0) is 46.7 Å². The van der Waals surface area contributed by atoms with Crippen LogP contribution in [-0.2, 0) is 13.2 Å². The number of hydrogen-bond acceptors (Lipinski definition) is 3. The minimum absolute atomic E-state index is 0.543. The third-order valence-electron chi connectivity index (χ3n) is 4.81. The maximum absolute atomic E-state index is 6.20. The van der Waals surface area contributed by atoms with E-state index in [-0.39, 0.29) is 0 Å². The number of para-hydroxylation sites is 1. The lowest BCUT2D eigenvalue weighted by molar-refractivity contribution is 0.304. The molecule has 0 atom stereocenters. The fourth-order valence-corrected chi connectivity index (χ4v) is 3.27. The Morgan fingerprint density at radius 1 is 0.714 bits per heavy atom. The van der Waals surface area contributed by atoms with Gasteiger partial charge in [-0.2, -0.15) is 0 Å². The lowest BCUT2D eigenvalue weighted by atomic mass is 10.1. The van der Waals surface area contributed by atoms with Crippen molar-refractivity contribution in [2.75, 3.05) is 12.4 Å². The van der Waals surface area contributed by atoms with Crippen molar-refractivity contribution in [2.45, 2.75) is 13.2 Å². The Labute approximate surface area is 165 Å². The van der Waals surface area contributed by atoms with E-state index in [1.807, 2.05) is 42.5 Å². The average molecular weight is 369 g/mol. The molecule has 0 heterocycles. The van der Waals surface area contributed by atoms with Gasteiger partial charge in [-0.15, -0.1) is 0 Å². The van der Waals surface area contributed by atoms with Gasteiger partial charge in [0.1, 0.15) is 18.1 Å². The van der Waals surface area contributed by atoms with Gasteiger partial charge >= 0.3 is 0 Å². The SMILES string of the molecule is COc1ccc(NCc2ccccc2OCc2cccc3ccccc23)cc1. The molecule has 28 heavy (non-hydrogen) atoms. The Bertz CT molecular complexity index is 1050. The highest BCUT2D eigenvalue weighted by Crippen LogP contribution is 2.24. The minimum Gasteiger partial charge on any atom is -0.497 e. The predicted molar refractivity (Wildman–Crippen MR) is 115 cm³/mol.